The molecule has 0 saturated carbocycles. The molecule has 1 rings (SSSR count). The molecule has 76 valence electrons. The van der Waals surface area contributed by atoms with Gasteiger partial charge in [0.25, 0.3) is 0 Å². The lowest BCUT2D eigenvalue weighted by molar-refractivity contribution is -0.123. The molecule has 1 amide bonds. The second-order valence-electron chi connectivity index (χ2n) is 4.02. The van der Waals surface area contributed by atoms with Crippen LogP contribution >= 0.6 is 0 Å². The van der Waals surface area contributed by atoms with Crippen LogP contribution in [0.15, 0.2) is 0 Å². The van der Waals surface area contributed by atoms with Crippen molar-refractivity contribution in [1.82, 2.24) is 4.90 Å². The van der Waals surface area contributed by atoms with Crippen LogP contribution in [0.4, 0.5) is 0 Å². The Labute approximate surface area is 80.3 Å². The van der Waals surface area contributed by atoms with E-state index in [0.717, 1.165) is 32.4 Å². The lowest BCUT2D eigenvalue weighted by Crippen LogP contribution is -2.45. The van der Waals surface area contributed by atoms with Crippen LogP contribution in [0.25, 0.3) is 0 Å². The summed E-state index contributed by atoms with van der Waals surface area (Å²) in [6.07, 6.45) is 3.22. The van der Waals surface area contributed by atoms with Gasteiger partial charge in [-0.15, -0.1) is 0 Å². The van der Waals surface area contributed by atoms with Crippen molar-refractivity contribution in [2.75, 3.05) is 13.1 Å². The number of primary amides is 1. The molecule has 0 aromatic carbocycles. The minimum absolute atomic E-state index is 0.0859. The van der Waals surface area contributed by atoms with Gasteiger partial charge >= 0.3 is 0 Å². The Morgan fingerprint density at radius 2 is 2.23 bits per heavy atom. The molecule has 0 aliphatic carbocycles. The summed E-state index contributed by atoms with van der Waals surface area (Å²) in [6.45, 7) is 6.35. The highest BCUT2D eigenvalue weighted by Gasteiger charge is 2.27. The van der Waals surface area contributed by atoms with Crippen LogP contribution in [0.5, 0.6) is 0 Å². The SMILES string of the molecule is CCCN1C[C@H](C(N)=O)CC[C@@H]1C. The maximum atomic E-state index is 11.0. The molecule has 0 radical (unpaired) electrons. The van der Waals surface area contributed by atoms with Crippen molar-refractivity contribution >= 4 is 5.91 Å². The first-order valence-electron chi connectivity index (χ1n) is 5.18. The molecule has 0 aromatic heterocycles. The second kappa shape index (κ2) is 4.61. The highest BCUT2D eigenvalue weighted by atomic mass is 16.1. The number of amides is 1. The zero-order chi connectivity index (χ0) is 9.84. The number of piperidine rings is 1. The summed E-state index contributed by atoms with van der Waals surface area (Å²) in [7, 11) is 0. The van der Waals surface area contributed by atoms with Gasteiger partial charge < -0.3 is 5.73 Å². The van der Waals surface area contributed by atoms with E-state index in [-0.39, 0.29) is 11.8 Å². The second-order valence-corrected chi connectivity index (χ2v) is 4.02. The van der Waals surface area contributed by atoms with Crippen LogP contribution in [-0.2, 0) is 4.79 Å². The fourth-order valence-electron chi connectivity index (χ4n) is 2.01. The number of nitrogens with zero attached hydrogens (tertiary/aromatic N) is 1. The highest BCUT2D eigenvalue weighted by Crippen LogP contribution is 2.21. The minimum Gasteiger partial charge on any atom is -0.369 e. The molecular weight excluding hydrogens is 164 g/mol. The minimum atomic E-state index is -0.131. The van der Waals surface area contributed by atoms with E-state index in [1.54, 1.807) is 0 Å². The first-order valence-corrected chi connectivity index (χ1v) is 5.18. The number of nitrogens with two attached hydrogens (primary N) is 1. The van der Waals surface area contributed by atoms with E-state index >= 15 is 0 Å². The van der Waals surface area contributed by atoms with Gasteiger partial charge in [0, 0.05) is 12.6 Å². The average Bonchev–Trinajstić information content (AvgIpc) is 2.08. The Morgan fingerprint density at radius 3 is 2.77 bits per heavy atom. The van der Waals surface area contributed by atoms with Crippen molar-refractivity contribution < 1.29 is 4.79 Å². The summed E-state index contributed by atoms with van der Waals surface area (Å²) in [5.41, 5.74) is 5.31. The van der Waals surface area contributed by atoms with E-state index < -0.39 is 0 Å². The van der Waals surface area contributed by atoms with Crippen molar-refractivity contribution in [3.8, 4) is 0 Å². The molecule has 1 fully saturated rings. The van der Waals surface area contributed by atoms with Crippen LogP contribution in [0.2, 0.25) is 0 Å². The van der Waals surface area contributed by atoms with Gasteiger partial charge in [-0.05, 0) is 32.7 Å². The van der Waals surface area contributed by atoms with Crippen LogP contribution in [0, 0.1) is 5.92 Å². The number of hydrogen-bond donors (Lipinski definition) is 1. The van der Waals surface area contributed by atoms with Gasteiger partial charge in [-0.1, -0.05) is 6.92 Å². The number of rotatable bonds is 3. The van der Waals surface area contributed by atoms with Crippen LogP contribution in [0.1, 0.15) is 33.1 Å². The molecule has 1 saturated heterocycles. The van der Waals surface area contributed by atoms with Gasteiger partial charge in [0.05, 0.1) is 5.92 Å². The largest absolute Gasteiger partial charge is 0.369 e. The summed E-state index contributed by atoms with van der Waals surface area (Å²) in [5.74, 6) is -0.0456. The van der Waals surface area contributed by atoms with E-state index in [0.29, 0.717) is 6.04 Å². The third-order valence-electron chi connectivity index (χ3n) is 2.92. The fourth-order valence-corrected chi connectivity index (χ4v) is 2.01. The first-order chi connectivity index (χ1) is 6.15. The molecule has 2 N–H and O–H groups in total. The molecule has 0 unspecified atom stereocenters. The van der Waals surface area contributed by atoms with Gasteiger partial charge in [0.2, 0.25) is 5.91 Å². The molecule has 0 spiro atoms. The number of carbonyl (C=O) groups is 1. The van der Waals surface area contributed by atoms with Crippen molar-refractivity contribution in [2.45, 2.75) is 39.2 Å². The molecule has 3 heteroatoms. The molecule has 3 nitrogen and oxygen atoms in total. The molecule has 0 aromatic rings. The maximum Gasteiger partial charge on any atom is 0.221 e. The molecule has 2 atom stereocenters. The zero-order valence-electron chi connectivity index (χ0n) is 8.62. The fraction of sp³-hybridized carbons (Fsp3) is 0.900. The highest BCUT2D eigenvalue weighted by molar-refractivity contribution is 5.76. The number of hydrogen-bond acceptors (Lipinski definition) is 2. The van der Waals surface area contributed by atoms with Gasteiger partial charge in [-0.2, -0.15) is 0 Å². The number of likely N-dealkylation sites (tertiary alicyclic amines) is 1. The quantitative estimate of drug-likeness (QED) is 0.710. The standard InChI is InChI=1S/C10H20N2O/c1-3-6-12-7-9(10(11)13)5-4-8(12)2/h8-9H,3-7H2,1-2H3,(H2,11,13)/t8-,9+/m0/s1. The van der Waals surface area contributed by atoms with Crippen molar-refractivity contribution in [1.29, 1.82) is 0 Å². The topological polar surface area (TPSA) is 46.3 Å². The van der Waals surface area contributed by atoms with E-state index in [9.17, 15) is 4.79 Å². The molecule has 13 heavy (non-hydrogen) atoms. The van der Waals surface area contributed by atoms with Crippen LogP contribution in [0.3, 0.4) is 0 Å². The molecule has 1 aliphatic heterocycles. The Morgan fingerprint density at radius 1 is 1.54 bits per heavy atom. The molecule has 1 aliphatic rings. The van der Waals surface area contributed by atoms with Gasteiger partial charge in [-0.25, -0.2) is 0 Å². The van der Waals surface area contributed by atoms with Gasteiger partial charge in [0.1, 0.15) is 0 Å². The summed E-state index contributed by atoms with van der Waals surface area (Å²) in [5, 5.41) is 0. The summed E-state index contributed by atoms with van der Waals surface area (Å²) < 4.78 is 0. The van der Waals surface area contributed by atoms with Crippen molar-refractivity contribution in [2.24, 2.45) is 11.7 Å². The van der Waals surface area contributed by atoms with E-state index in [1.165, 1.54) is 0 Å². The lowest BCUT2D eigenvalue weighted by Gasteiger charge is -2.36. The summed E-state index contributed by atoms with van der Waals surface area (Å²) in [4.78, 5) is 13.4. The Hall–Kier alpha value is -0.570. The Balaban J connectivity index is 2.47. The predicted molar refractivity (Wildman–Crippen MR) is 53.2 cm³/mol. The van der Waals surface area contributed by atoms with E-state index in [1.807, 2.05) is 0 Å². The third kappa shape index (κ3) is 2.69. The summed E-state index contributed by atoms with van der Waals surface area (Å²) in [6, 6.07) is 0.621. The molecular formula is C10H20N2O. The summed E-state index contributed by atoms with van der Waals surface area (Å²) >= 11 is 0. The van der Waals surface area contributed by atoms with E-state index in [2.05, 4.69) is 18.7 Å². The third-order valence-corrected chi connectivity index (χ3v) is 2.92. The van der Waals surface area contributed by atoms with Crippen LogP contribution in [-0.4, -0.2) is 29.9 Å². The van der Waals surface area contributed by atoms with Crippen LogP contribution < -0.4 is 5.73 Å². The van der Waals surface area contributed by atoms with Crippen molar-refractivity contribution in [3.63, 3.8) is 0 Å². The molecule has 0 bridgehead atoms. The maximum absolute atomic E-state index is 11.0. The van der Waals surface area contributed by atoms with Crippen molar-refractivity contribution in [3.05, 3.63) is 0 Å². The first kappa shape index (κ1) is 10.5. The smallest absolute Gasteiger partial charge is 0.221 e. The number of carbonyl (C=O) groups excluding carboxylic acids is 1. The van der Waals surface area contributed by atoms with E-state index in [4.69, 9.17) is 5.73 Å². The predicted octanol–water partition coefficient (Wildman–Crippen LogP) is 0.982. The normalized spacial score (nSPS) is 30.3. The lowest BCUT2D eigenvalue weighted by atomic mass is 9.93. The Bertz CT molecular complexity index is 182. The van der Waals surface area contributed by atoms with Gasteiger partial charge in [-0.3, -0.25) is 9.69 Å². The Kier molecular flexibility index (Phi) is 3.72. The molecule has 1 heterocycles. The van der Waals surface area contributed by atoms with Gasteiger partial charge in [0.15, 0.2) is 0 Å². The monoisotopic (exact) mass is 184 g/mol. The average molecular weight is 184 g/mol. The zero-order valence-corrected chi connectivity index (χ0v) is 8.62.